The molecule has 1 saturated carbocycles. The molecule has 5 heteroatoms. The molecule has 0 radical (unpaired) electrons. The lowest BCUT2D eigenvalue weighted by atomic mass is 9.79. The SMILES string of the molecule is CCCCCc1ccc2cc(C(F)=C(F)C3CCC(CCCCC)CC3)c(F)c(F)c2c1F. The fraction of sp³-hybridized carbons (Fsp3) is 0.571. The van der Waals surface area contributed by atoms with Crippen LogP contribution in [0.1, 0.15) is 95.6 Å². The van der Waals surface area contributed by atoms with E-state index in [2.05, 4.69) is 6.92 Å². The van der Waals surface area contributed by atoms with Crippen molar-refractivity contribution in [3.8, 4) is 0 Å². The van der Waals surface area contributed by atoms with Gasteiger partial charge >= 0.3 is 0 Å². The van der Waals surface area contributed by atoms with Crippen LogP contribution in [-0.2, 0) is 6.42 Å². The van der Waals surface area contributed by atoms with E-state index >= 15 is 4.39 Å². The van der Waals surface area contributed by atoms with E-state index in [4.69, 9.17) is 0 Å². The van der Waals surface area contributed by atoms with E-state index in [-0.39, 0.29) is 5.39 Å². The Hall–Kier alpha value is -1.91. The van der Waals surface area contributed by atoms with Gasteiger partial charge in [0.25, 0.3) is 0 Å². The Morgan fingerprint density at radius 2 is 1.48 bits per heavy atom. The molecule has 0 heterocycles. The van der Waals surface area contributed by atoms with Crippen LogP contribution in [0.4, 0.5) is 22.0 Å². The minimum atomic E-state index is -1.53. The van der Waals surface area contributed by atoms with Crippen molar-refractivity contribution >= 4 is 16.6 Å². The number of hydrogen-bond acceptors (Lipinski definition) is 0. The number of fused-ring (bicyclic) bond motifs is 1. The molecule has 2 aromatic rings. The summed E-state index contributed by atoms with van der Waals surface area (Å²) in [6.07, 6.45) is 10.2. The van der Waals surface area contributed by atoms with Crippen molar-refractivity contribution in [2.24, 2.45) is 11.8 Å². The fourth-order valence-electron chi connectivity index (χ4n) is 5.04. The van der Waals surface area contributed by atoms with Crippen molar-refractivity contribution in [2.75, 3.05) is 0 Å². The second-order valence-electron chi connectivity index (χ2n) is 9.52. The van der Waals surface area contributed by atoms with Crippen molar-refractivity contribution in [3.63, 3.8) is 0 Å². The highest BCUT2D eigenvalue weighted by Gasteiger charge is 2.29. The monoisotopic (exact) mass is 466 g/mol. The van der Waals surface area contributed by atoms with Crippen LogP contribution < -0.4 is 0 Å². The quantitative estimate of drug-likeness (QED) is 0.241. The summed E-state index contributed by atoms with van der Waals surface area (Å²) in [5, 5.41) is -0.464. The smallest absolute Gasteiger partial charge is 0.170 e. The molecule has 2 aromatic carbocycles. The van der Waals surface area contributed by atoms with Gasteiger partial charge in [0.15, 0.2) is 17.5 Å². The highest BCUT2D eigenvalue weighted by molar-refractivity contribution is 5.88. The molecular weight excluding hydrogens is 431 g/mol. The highest BCUT2D eigenvalue weighted by Crippen LogP contribution is 2.41. The molecule has 0 saturated heterocycles. The average Bonchev–Trinajstić information content (AvgIpc) is 2.82. The zero-order valence-corrected chi connectivity index (χ0v) is 19.8. The van der Waals surface area contributed by atoms with Crippen LogP contribution in [0.5, 0.6) is 0 Å². The largest absolute Gasteiger partial charge is 0.208 e. The molecule has 1 aliphatic carbocycles. The lowest BCUT2D eigenvalue weighted by Crippen LogP contribution is -2.15. The van der Waals surface area contributed by atoms with Gasteiger partial charge in [-0.1, -0.05) is 64.5 Å². The maximum Gasteiger partial charge on any atom is 0.170 e. The summed E-state index contributed by atoms with van der Waals surface area (Å²) >= 11 is 0. The van der Waals surface area contributed by atoms with Crippen LogP contribution in [0.25, 0.3) is 16.6 Å². The summed E-state index contributed by atoms with van der Waals surface area (Å²) in [7, 11) is 0. The summed E-state index contributed by atoms with van der Waals surface area (Å²) < 4.78 is 74.5. The Balaban J connectivity index is 1.83. The number of allylic oxidation sites excluding steroid dienone is 1. The van der Waals surface area contributed by atoms with Crippen LogP contribution in [-0.4, -0.2) is 0 Å². The Kier molecular flexibility index (Phi) is 9.34. The topological polar surface area (TPSA) is 0 Å². The summed E-state index contributed by atoms with van der Waals surface area (Å²) in [6, 6.07) is 4.00. The van der Waals surface area contributed by atoms with Gasteiger partial charge in [-0.15, -0.1) is 0 Å². The Bertz CT molecular complexity index is 970. The molecule has 1 aliphatic rings. The Morgan fingerprint density at radius 3 is 2.15 bits per heavy atom. The lowest BCUT2D eigenvalue weighted by Gasteiger charge is -2.28. The normalized spacial score (nSPS) is 19.7. The van der Waals surface area contributed by atoms with Crippen LogP contribution in [0.3, 0.4) is 0 Å². The van der Waals surface area contributed by atoms with Crippen LogP contribution in [0.2, 0.25) is 0 Å². The summed E-state index contributed by atoms with van der Waals surface area (Å²) in [5.74, 6) is -6.30. The van der Waals surface area contributed by atoms with Gasteiger partial charge in [0.1, 0.15) is 11.6 Å². The van der Waals surface area contributed by atoms with Gasteiger partial charge in [0.05, 0.1) is 10.9 Å². The average molecular weight is 467 g/mol. The number of halogens is 5. The molecule has 0 atom stereocenters. The van der Waals surface area contributed by atoms with Gasteiger partial charge in [0, 0.05) is 5.92 Å². The van der Waals surface area contributed by atoms with Crippen molar-refractivity contribution in [1.82, 2.24) is 0 Å². The third-order valence-corrected chi connectivity index (χ3v) is 7.12. The standard InChI is InChI=1S/C28H35F5/c1-3-5-7-9-18-11-13-20(14-12-18)25(30)26(31)22-17-21-16-15-19(10-8-6-4-2)24(29)23(21)28(33)27(22)32/h15-18,20H,3-14H2,1-2H3. The third kappa shape index (κ3) is 5.96. The lowest BCUT2D eigenvalue weighted by molar-refractivity contribution is 0.258. The van der Waals surface area contributed by atoms with Crippen molar-refractivity contribution in [3.05, 3.63) is 52.6 Å². The van der Waals surface area contributed by atoms with Gasteiger partial charge < -0.3 is 0 Å². The van der Waals surface area contributed by atoms with E-state index in [0.717, 1.165) is 57.4 Å². The van der Waals surface area contributed by atoms with Gasteiger partial charge in [-0.25, -0.2) is 22.0 Å². The van der Waals surface area contributed by atoms with E-state index in [0.29, 0.717) is 30.7 Å². The summed E-state index contributed by atoms with van der Waals surface area (Å²) in [6.45, 7) is 4.17. The highest BCUT2D eigenvalue weighted by atomic mass is 19.2. The zero-order chi connectivity index (χ0) is 24.0. The maximum atomic E-state index is 15.0. The van der Waals surface area contributed by atoms with Gasteiger partial charge in [-0.3, -0.25) is 0 Å². The van der Waals surface area contributed by atoms with Crippen LogP contribution in [0.15, 0.2) is 24.0 Å². The first-order chi connectivity index (χ1) is 15.9. The van der Waals surface area contributed by atoms with E-state index in [9.17, 15) is 17.6 Å². The first kappa shape index (κ1) is 25.7. The van der Waals surface area contributed by atoms with Crippen LogP contribution in [0, 0.1) is 29.3 Å². The molecule has 182 valence electrons. The molecular formula is C28H35F5. The van der Waals surface area contributed by atoms with Crippen molar-refractivity contribution in [2.45, 2.75) is 90.9 Å². The Morgan fingerprint density at radius 1 is 0.818 bits per heavy atom. The number of unbranched alkanes of at least 4 members (excludes halogenated alkanes) is 4. The molecule has 0 unspecified atom stereocenters. The maximum absolute atomic E-state index is 15.0. The first-order valence-corrected chi connectivity index (χ1v) is 12.5. The summed E-state index contributed by atoms with van der Waals surface area (Å²) in [5.41, 5.74) is -0.458. The Labute approximate surface area is 194 Å². The number of rotatable bonds is 10. The van der Waals surface area contributed by atoms with Gasteiger partial charge in [-0.2, -0.15) is 0 Å². The van der Waals surface area contributed by atoms with Crippen LogP contribution >= 0.6 is 0 Å². The van der Waals surface area contributed by atoms with E-state index < -0.39 is 46.0 Å². The van der Waals surface area contributed by atoms with E-state index in [1.54, 1.807) is 0 Å². The molecule has 0 aromatic heterocycles. The van der Waals surface area contributed by atoms with Crippen molar-refractivity contribution < 1.29 is 22.0 Å². The molecule has 0 bridgehead atoms. The predicted octanol–water partition coefficient (Wildman–Crippen LogP) is 9.98. The minimum absolute atomic E-state index is 0.0308. The van der Waals surface area contributed by atoms with E-state index in [1.165, 1.54) is 18.6 Å². The predicted molar refractivity (Wildman–Crippen MR) is 126 cm³/mol. The molecule has 0 aliphatic heterocycles. The second-order valence-corrected chi connectivity index (χ2v) is 9.52. The molecule has 0 nitrogen and oxygen atoms in total. The number of aryl methyl sites for hydroxylation is 1. The molecule has 33 heavy (non-hydrogen) atoms. The molecule has 0 amide bonds. The molecule has 0 spiro atoms. The van der Waals surface area contributed by atoms with Gasteiger partial charge in [-0.05, 0) is 61.5 Å². The minimum Gasteiger partial charge on any atom is -0.208 e. The van der Waals surface area contributed by atoms with E-state index in [1.807, 2.05) is 6.92 Å². The number of hydrogen-bond donors (Lipinski definition) is 0. The molecule has 0 N–H and O–H groups in total. The van der Waals surface area contributed by atoms with Crippen molar-refractivity contribution in [1.29, 1.82) is 0 Å². The zero-order valence-electron chi connectivity index (χ0n) is 19.8. The third-order valence-electron chi connectivity index (χ3n) is 7.12. The van der Waals surface area contributed by atoms with Gasteiger partial charge in [0.2, 0.25) is 0 Å². The number of benzene rings is 2. The summed E-state index contributed by atoms with van der Waals surface area (Å²) in [4.78, 5) is 0. The first-order valence-electron chi connectivity index (χ1n) is 12.5. The fourth-order valence-corrected chi connectivity index (χ4v) is 5.04. The molecule has 1 fully saturated rings. The second kappa shape index (κ2) is 12.0. The molecule has 3 rings (SSSR count).